The lowest BCUT2D eigenvalue weighted by Gasteiger charge is -2.07. The maximum Gasteiger partial charge on any atom is 0.307 e. The molecule has 0 spiro atoms. The molecule has 0 radical (unpaired) electrons. The molecule has 1 atom stereocenters. The number of rotatable bonds is 3. The van der Waals surface area contributed by atoms with E-state index in [2.05, 4.69) is 4.74 Å². The summed E-state index contributed by atoms with van der Waals surface area (Å²) in [5.41, 5.74) is 6.80. The molecular formula is C9H13NO2S. The van der Waals surface area contributed by atoms with Gasteiger partial charge in [-0.1, -0.05) is 0 Å². The first-order valence-corrected chi connectivity index (χ1v) is 4.89. The van der Waals surface area contributed by atoms with Gasteiger partial charge in [-0.25, -0.2) is 0 Å². The van der Waals surface area contributed by atoms with Crippen molar-refractivity contribution in [1.29, 1.82) is 0 Å². The van der Waals surface area contributed by atoms with Crippen LogP contribution in [0.3, 0.4) is 0 Å². The molecule has 0 fully saturated rings. The van der Waals surface area contributed by atoms with Crippen LogP contribution in [-0.2, 0) is 9.53 Å². The van der Waals surface area contributed by atoms with Gasteiger partial charge in [0, 0.05) is 10.9 Å². The Labute approximate surface area is 81.5 Å². The Morgan fingerprint density at radius 3 is 2.92 bits per heavy atom. The minimum Gasteiger partial charge on any atom is -0.469 e. The number of thiophene rings is 1. The Balaban J connectivity index is 2.58. The molecule has 0 aliphatic rings. The van der Waals surface area contributed by atoms with Crippen molar-refractivity contribution >= 4 is 17.3 Å². The lowest BCUT2D eigenvalue weighted by Crippen LogP contribution is -2.15. The summed E-state index contributed by atoms with van der Waals surface area (Å²) in [6.45, 7) is 2.01. The van der Waals surface area contributed by atoms with Crippen LogP contribution in [0.1, 0.15) is 22.9 Å². The fourth-order valence-electron chi connectivity index (χ4n) is 1.04. The highest BCUT2D eigenvalue weighted by molar-refractivity contribution is 7.10. The predicted octanol–water partition coefficient (Wildman–Crippen LogP) is 1.62. The number of nitrogens with two attached hydrogens (primary N) is 1. The van der Waals surface area contributed by atoms with Crippen LogP contribution >= 0.6 is 11.3 Å². The maximum atomic E-state index is 10.9. The number of esters is 1. The maximum absolute atomic E-state index is 10.9. The molecule has 1 aromatic heterocycles. The summed E-state index contributed by atoms with van der Waals surface area (Å²) >= 11 is 1.64. The summed E-state index contributed by atoms with van der Waals surface area (Å²) < 4.78 is 4.53. The second-order valence-electron chi connectivity index (χ2n) is 2.88. The number of carbonyl (C=O) groups excluding carboxylic acids is 1. The third-order valence-corrected chi connectivity index (χ3v) is 2.67. The Bertz CT molecular complexity index is 296. The van der Waals surface area contributed by atoms with Crippen LogP contribution in [-0.4, -0.2) is 13.1 Å². The number of hydrogen-bond acceptors (Lipinski definition) is 4. The van der Waals surface area contributed by atoms with Crippen molar-refractivity contribution in [2.75, 3.05) is 7.11 Å². The highest BCUT2D eigenvalue weighted by Gasteiger charge is 2.12. The lowest BCUT2D eigenvalue weighted by atomic mass is 10.1. The first-order valence-electron chi connectivity index (χ1n) is 4.01. The van der Waals surface area contributed by atoms with Crippen LogP contribution in [0.15, 0.2) is 11.4 Å². The van der Waals surface area contributed by atoms with Gasteiger partial charge in [0.25, 0.3) is 0 Å². The van der Waals surface area contributed by atoms with Crippen LogP contribution < -0.4 is 5.73 Å². The van der Waals surface area contributed by atoms with Crippen molar-refractivity contribution < 1.29 is 9.53 Å². The molecule has 0 amide bonds. The molecule has 1 heterocycles. The van der Waals surface area contributed by atoms with Crippen molar-refractivity contribution in [1.82, 2.24) is 0 Å². The summed E-state index contributed by atoms with van der Waals surface area (Å²) in [6.07, 6.45) is 0.243. The second kappa shape index (κ2) is 4.39. The van der Waals surface area contributed by atoms with Gasteiger partial charge in [-0.2, -0.15) is 0 Å². The molecule has 0 saturated heterocycles. The van der Waals surface area contributed by atoms with E-state index in [4.69, 9.17) is 5.73 Å². The minimum atomic E-state index is -0.267. The van der Waals surface area contributed by atoms with Gasteiger partial charge in [0.2, 0.25) is 0 Å². The Morgan fingerprint density at radius 1 is 1.77 bits per heavy atom. The largest absolute Gasteiger partial charge is 0.469 e. The first-order chi connectivity index (χ1) is 6.13. The molecule has 13 heavy (non-hydrogen) atoms. The van der Waals surface area contributed by atoms with E-state index in [1.54, 1.807) is 11.3 Å². The molecule has 2 N–H and O–H groups in total. The number of ether oxygens (including phenoxy) is 1. The summed E-state index contributed by atoms with van der Waals surface area (Å²) in [4.78, 5) is 12.1. The first kappa shape index (κ1) is 10.2. The molecule has 0 unspecified atom stereocenters. The number of carbonyl (C=O) groups is 1. The molecule has 0 aliphatic carbocycles. The lowest BCUT2D eigenvalue weighted by molar-refractivity contribution is -0.141. The predicted molar refractivity (Wildman–Crippen MR) is 52.6 cm³/mol. The average Bonchev–Trinajstić information content (AvgIpc) is 2.51. The molecule has 0 bridgehead atoms. The van der Waals surface area contributed by atoms with Crippen LogP contribution in [0.25, 0.3) is 0 Å². The molecule has 3 nitrogen and oxygen atoms in total. The average molecular weight is 199 g/mol. The molecule has 4 heteroatoms. The zero-order valence-electron chi connectivity index (χ0n) is 7.74. The van der Waals surface area contributed by atoms with Gasteiger partial charge in [-0.05, 0) is 23.9 Å². The van der Waals surface area contributed by atoms with Crippen LogP contribution in [0.2, 0.25) is 0 Å². The molecule has 72 valence electrons. The van der Waals surface area contributed by atoms with Gasteiger partial charge >= 0.3 is 5.97 Å². The van der Waals surface area contributed by atoms with E-state index in [1.807, 2.05) is 18.4 Å². The fraction of sp³-hybridized carbons (Fsp3) is 0.444. The quantitative estimate of drug-likeness (QED) is 0.752. The van der Waals surface area contributed by atoms with E-state index in [0.29, 0.717) is 0 Å². The van der Waals surface area contributed by atoms with Crippen molar-refractivity contribution in [3.63, 3.8) is 0 Å². The second-order valence-corrected chi connectivity index (χ2v) is 3.99. The van der Waals surface area contributed by atoms with Gasteiger partial charge in [0.15, 0.2) is 0 Å². The SMILES string of the molecule is COC(=O)C[C@H](N)c1csc(C)c1. The molecule has 0 aromatic carbocycles. The standard InChI is InChI=1S/C9H13NO2S/c1-6-3-7(5-13-6)8(10)4-9(11)12-2/h3,5,8H,4,10H2,1-2H3/t8-/m0/s1. The van der Waals surface area contributed by atoms with Gasteiger partial charge in [0.05, 0.1) is 13.5 Å². The van der Waals surface area contributed by atoms with Crippen molar-refractivity contribution in [2.45, 2.75) is 19.4 Å². The zero-order chi connectivity index (χ0) is 9.84. The van der Waals surface area contributed by atoms with Gasteiger partial charge in [-0.3, -0.25) is 4.79 Å². The molecule has 0 saturated carbocycles. The third kappa shape index (κ3) is 2.82. The Hall–Kier alpha value is -0.870. The molecule has 1 rings (SSSR count). The van der Waals surface area contributed by atoms with E-state index in [0.717, 1.165) is 5.56 Å². The highest BCUT2D eigenvalue weighted by Crippen LogP contribution is 2.20. The summed E-state index contributed by atoms with van der Waals surface area (Å²) in [5, 5.41) is 1.98. The van der Waals surface area contributed by atoms with E-state index >= 15 is 0 Å². The Kier molecular flexibility index (Phi) is 3.45. The van der Waals surface area contributed by atoms with Crippen LogP contribution in [0.4, 0.5) is 0 Å². The summed E-state index contributed by atoms with van der Waals surface area (Å²) in [7, 11) is 1.37. The van der Waals surface area contributed by atoms with Crippen molar-refractivity contribution in [3.05, 3.63) is 21.9 Å². The van der Waals surface area contributed by atoms with E-state index in [-0.39, 0.29) is 18.4 Å². The third-order valence-electron chi connectivity index (χ3n) is 1.79. The van der Waals surface area contributed by atoms with Gasteiger partial charge in [-0.15, -0.1) is 11.3 Å². The smallest absolute Gasteiger partial charge is 0.307 e. The Morgan fingerprint density at radius 2 is 2.46 bits per heavy atom. The van der Waals surface area contributed by atoms with E-state index in [1.165, 1.54) is 12.0 Å². The van der Waals surface area contributed by atoms with Gasteiger partial charge in [0.1, 0.15) is 0 Å². The molecular weight excluding hydrogens is 186 g/mol. The highest BCUT2D eigenvalue weighted by atomic mass is 32.1. The van der Waals surface area contributed by atoms with E-state index in [9.17, 15) is 4.79 Å². The zero-order valence-corrected chi connectivity index (χ0v) is 8.56. The normalized spacial score (nSPS) is 12.5. The number of methoxy groups -OCH3 is 1. The van der Waals surface area contributed by atoms with Crippen LogP contribution in [0, 0.1) is 6.92 Å². The van der Waals surface area contributed by atoms with Crippen molar-refractivity contribution in [2.24, 2.45) is 5.73 Å². The molecule has 1 aromatic rings. The number of hydrogen-bond donors (Lipinski definition) is 1. The number of aryl methyl sites for hydroxylation is 1. The molecule has 0 aliphatic heterocycles. The van der Waals surface area contributed by atoms with Crippen LogP contribution in [0.5, 0.6) is 0 Å². The monoisotopic (exact) mass is 199 g/mol. The topological polar surface area (TPSA) is 52.3 Å². The summed E-state index contributed by atoms with van der Waals surface area (Å²) in [5.74, 6) is -0.267. The van der Waals surface area contributed by atoms with Crippen molar-refractivity contribution in [3.8, 4) is 0 Å². The minimum absolute atomic E-state index is 0.239. The van der Waals surface area contributed by atoms with E-state index < -0.39 is 0 Å². The summed E-state index contributed by atoms with van der Waals surface area (Å²) in [6, 6.07) is 1.76. The fourth-order valence-corrected chi connectivity index (χ4v) is 1.81. The van der Waals surface area contributed by atoms with Gasteiger partial charge < -0.3 is 10.5 Å².